The molecule has 7 atom stereocenters. The molecule has 2 fully saturated rings. The second-order valence-electron chi connectivity index (χ2n) is 41.8. The number of ether oxygens (including phenoxy) is 2. The van der Waals surface area contributed by atoms with Gasteiger partial charge in [0.25, 0.3) is 0 Å². The predicted molar refractivity (Wildman–Crippen MR) is 577 cm³/mol. The summed E-state index contributed by atoms with van der Waals surface area (Å²) in [7, 11) is 6.52. The molecule has 7 N–H and O–H groups in total. The number of anilines is 4. The molecular formula is C112H137N17O12S4. The Morgan fingerprint density at radius 3 is 0.966 bits per heavy atom. The quantitative estimate of drug-likeness (QED) is 0.0293. The minimum Gasteiger partial charge on any atom is -0.480 e. The van der Waals surface area contributed by atoms with Crippen LogP contribution in [0.5, 0.6) is 0 Å². The number of aromatic nitrogens is 8. The maximum absolute atomic E-state index is 14.0. The summed E-state index contributed by atoms with van der Waals surface area (Å²) in [4.78, 5) is 124. The van der Waals surface area contributed by atoms with Crippen LogP contribution in [0.4, 0.5) is 29.6 Å². The molecule has 0 radical (unpaired) electrons. The molecule has 766 valence electrons. The SMILES string of the molecule is CC[C@@H](C)C(=O)N[C@H](C(=O)N(C)[C@H](C(=O)Nc1snnc1-c1ccccc1)C(C)(C)C)C1CCCCC1.CN(C(=O)OCC1c2ccccc2-c2ccccc21)[C@H](C(=O)Nc1snnc1-c1ccccc1)C(C)(C)C.CN(C(=O)OCC1c2ccccc2-c2ccccc21)[C@H](C(=O)O)C(C)(C)C.C[C@H](C(=O)N(C)[C@H](C(=O)Nc1snnc1-c1ccccc1)C(C)(C)C)C1CCCCC1.Nc1snnc1-c1ccccc1. The van der Waals surface area contributed by atoms with E-state index in [1.54, 1.807) is 46.8 Å². The molecule has 2 saturated carbocycles. The monoisotopic (exact) mass is 2040 g/mol. The molecule has 0 bridgehead atoms. The number of nitrogens with one attached hydrogen (secondary N) is 4. The molecule has 29 nitrogen and oxygen atoms in total. The van der Waals surface area contributed by atoms with E-state index < -0.39 is 70.0 Å². The van der Waals surface area contributed by atoms with Gasteiger partial charge in [0.15, 0.2) is 0 Å². The van der Waals surface area contributed by atoms with E-state index in [4.69, 9.17) is 15.2 Å². The van der Waals surface area contributed by atoms with Gasteiger partial charge in [0.05, 0.1) is 0 Å². The van der Waals surface area contributed by atoms with Crippen LogP contribution in [0.1, 0.15) is 209 Å². The zero-order chi connectivity index (χ0) is 105. The number of carbonyl (C=O) groups excluding carboxylic acids is 8. The number of nitrogens with zero attached hydrogens (tertiary/aromatic N) is 12. The Bertz CT molecular complexity index is 6270. The Labute approximate surface area is 867 Å². The van der Waals surface area contributed by atoms with Crippen LogP contribution in [0.15, 0.2) is 218 Å². The van der Waals surface area contributed by atoms with E-state index in [0.717, 1.165) is 152 Å². The van der Waals surface area contributed by atoms with Gasteiger partial charge < -0.3 is 51.4 Å². The summed E-state index contributed by atoms with van der Waals surface area (Å²) in [6.45, 7) is 29.2. The molecular weight excluding hydrogens is 1900 g/mol. The van der Waals surface area contributed by atoms with Crippen molar-refractivity contribution in [2.45, 2.75) is 217 Å². The van der Waals surface area contributed by atoms with Crippen molar-refractivity contribution >= 4 is 120 Å². The van der Waals surface area contributed by atoms with Gasteiger partial charge in [0, 0.05) is 120 Å². The van der Waals surface area contributed by atoms with E-state index >= 15 is 0 Å². The van der Waals surface area contributed by atoms with Gasteiger partial charge in [0.1, 0.15) is 86.2 Å². The first kappa shape index (κ1) is 110. The summed E-state index contributed by atoms with van der Waals surface area (Å²) in [5.41, 5.74) is 18.9. The predicted octanol–water partition coefficient (Wildman–Crippen LogP) is 23.0. The maximum Gasteiger partial charge on any atom is 0.410 e. The molecule has 4 aliphatic rings. The topological polar surface area (TPSA) is 383 Å². The molecule has 0 spiro atoms. The lowest BCUT2D eigenvalue weighted by Crippen LogP contribution is -2.59. The number of amides is 8. The number of nitrogens with two attached hydrogens (primary N) is 1. The summed E-state index contributed by atoms with van der Waals surface area (Å²) < 4.78 is 27.3. The van der Waals surface area contributed by atoms with E-state index in [1.807, 2.05) is 265 Å². The number of carbonyl (C=O) groups is 9. The van der Waals surface area contributed by atoms with E-state index in [2.05, 4.69) is 96.0 Å². The Hall–Kier alpha value is -13.4. The van der Waals surface area contributed by atoms with Crippen LogP contribution in [0.25, 0.3) is 67.3 Å². The van der Waals surface area contributed by atoms with Crippen molar-refractivity contribution in [2.24, 2.45) is 45.3 Å². The molecule has 145 heavy (non-hydrogen) atoms. The van der Waals surface area contributed by atoms with E-state index in [1.165, 1.54) is 52.5 Å². The first-order chi connectivity index (χ1) is 69.1. The molecule has 0 unspecified atom stereocenters. The number of likely N-dealkylation sites (N-methyl/N-ethyl adjacent to an activating group) is 4. The van der Waals surface area contributed by atoms with Crippen molar-refractivity contribution in [3.63, 3.8) is 0 Å². The molecule has 4 aromatic heterocycles. The van der Waals surface area contributed by atoms with Crippen LogP contribution in [0.2, 0.25) is 0 Å². The minimum absolute atomic E-state index is 0.0485. The van der Waals surface area contributed by atoms with Gasteiger partial charge in [-0.15, -0.1) is 20.4 Å². The van der Waals surface area contributed by atoms with Crippen molar-refractivity contribution in [1.82, 2.24) is 63.3 Å². The Morgan fingerprint density at radius 2 is 0.655 bits per heavy atom. The highest BCUT2D eigenvalue weighted by Crippen LogP contribution is 2.48. The van der Waals surface area contributed by atoms with Crippen LogP contribution in [-0.2, 0) is 43.0 Å². The van der Waals surface area contributed by atoms with Gasteiger partial charge in [-0.3, -0.25) is 38.6 Å². The van der Waals surface area contributed by atoms with Gasteiger partial charge in [-0.1, -0.05) is 379 Å². The fraction of sp³-hybridized carbons (Fsp3) is 0.420. The van der Waals surface area contributed by atoms with Crippen LogP contribution >= 0.6 is 46.1 Å². The average molecular weight is 2040 g/mol. The standard InChI is InChI=1S/C30H30N4O3S.C28H41N5O3S.C24H34N4O2S.C22H25NO4.C8H7N3S/c1-30(2,3)26(27(35)31-28-25(32-33-38-28)19-12-6-5-7-13-19)34(4)29(36)37-18-24-22-16-10-8-14-20(22)21-15-9-11-17-23(21)24;1-7-18(2)24(34)29-22(20-16-12-9-13-17-20)27(36)33(6)23(28(3,4)5)25(35)30-26-21(31-32-37-26)19-14-10-8-11-15-19;1-16(17-12-8-6-9-13-17)23(30)28(5)20(24(2,3)4)21(29)25-22-19(26-27-31-22)18-14-10-7-11-15-18;1-22(2,3)19(20(24)25)23(4)21(26)27-13-18-16-11-7-5-9-14(16)15-10-6-8-12-17(15)18;9-8-7(10-11-12-8)6-4-2-1-3-5-6/h5-17,24,26H,18H2,1-4H3,(H,31,35);8,10-11,14-15,18,20,22-23H,7,9,12-13,16-17H2,1-6H3,(H,29,34)(H,30,35);7,10-11,14-17,20H,6,8-9,12-13H2,1-5H3,(H,25,29);5-12,18-19H,13H2,1-4H3,(H,24,25);1-5H,9H2/t26-;18-,22+,23-;16-,20+;19-;/m1101./s1. The van der Waals surface area contributed by atoms with Crippen LogP contribution in [-0.4, -0.2) is 188 Å². The second kappa shape index (κ2) is 50.0. The van der Waals surface area contributed by atoms with Gasteiger partial charge in [0.2, 0.25) is 35.4 Å². The smallest absolute Gasteiger partial charge is 0.410 e. The Kier molecular flexibility index (Phi) is 38.0. The first-order valence-electron chi connectivity index (χ1n) is 49.5. The van der Waals surface area contributed by atoms with Crippen LogP contribution in [0, 0.1) is 45.3 Å². The molecule has 12 aromatic rings. The summed E-state index contributed by atoms with van der Waals surface area (Å²) in [5.74, 6) is -2.05. The van der Waals surface area contributed by atoms with Crippen LogP contribution < -0.4 is 27.0 Å². The Balaban J connectivity index is 0.000000166. The average Bonchev–Trinajstić information content (AvgIpc) is 1.61. The first-order valence-corrected chi connectivity index (χ1v) is 52.6. The zero-order valence-corrected chi connectivity index (χ0v) is 89.6. The Morgan fingerprint density at radius 1 is 0.372 bits per heavy atom. The van der Waals surface area contributed by atoms with Gasteiger partial charge >= 0.3 is 18.2 Å². The summed E-state index contributed by atoms with van der Waals surface area (Å²) in [6.07, 6.45) is 10.4. The normalized spacial score (nSPS) is 14.9. The molecule has 0 aliphatic heterocycles. The lowest BCUT2D eigenvalue weighted by Gasteiger charge is -2.40. The third-order valence-corrected chi connectivity index (χ3v) is 29.6. The number of hydrogen-bond donors (Lipinski definition) is 6. The lowest BCUT2D eigenvalue weighted by atomic mass is 9.79. The molecule has 8 aromatic carbocycles. The number of fused-ring (bicyclic) bond motifs is 6. The van der Waals surface area contributed by atoms with Gasteiger partial charge in [-0.05, 0) is 110 Å². The highest BCUT2D eigenvalue weighted by Gasteiger charge is 2.46. The highest BCUT2D eigenvalue weighted by molar-refractivity contribution is 7.11. The minimum atomic E-state index is -1.04. The highest BCUT2D eigenvalue weighted by atomic mass is 32.1. The van der Waals surface area contributed by atoms with Crippen molar-refractivity contribution in [3.8, 4) is 67.3 Å². The fourth-order valence-corrected chi connectivity index (χ4v) is 22.1. The number of hydrogen-bond acceptors (Lipinski definition) is 24. The number of benzene rings is 8. The van der Waals surface area contributed by atoms with Gasteiger partial charge in [-0.2, -0.15) is 0 Å². The van der Waals surface area contributed by atoms with E-state index in [-0.39, 0.29) is 78.2 Å². The largest absolute Gasteiger partial charge is 0.480 e. The number of carboxylic acid groups (broad SMARTS) is 1. The summed E-state index contributed by atoms with van der Waals surface area (Å²) >= 11 is 4.59. The van der Waals surface area contributed by atoms with E-state index in [9.17, 15) is 48.3 Å². The summed E-state index contributed by atoms with van der Waals surface area (Å²) in [6, 6.07) is 67.4. The maximum atomic E-state index is 14.0. The van der Waals surface area contributed by atoms with Gasteiger partial charge in [-0.25, -0.2) is 14.4 Å². The van der Waals surface area contributed by atoms with Crippen LogP contribution in [0.3, 0.4) is 0 Å². The van der Waals surface area contributed by atoms with Crippen molar-refractivity contribution < 1.29 is 57.7 Å². The molecule has 16 rings (SSSR count). The van der Waals surface area contributed by atoms with Crippen molar-refractivity contribution in [3.05, 3.63) is 241 Å². The van der Waals surface area contributed by atoms with Crippen molar-refractivity contribution in [1.29, 1.82) is 0 Å². The number of carboxylic acids is 1. The molecule has 8 amide bonds. The number of rotatable bonds is 26. The zero-order valence-electron chi connectivity index (χ0n) is 86.3. The van der Waals surface area contributed by atoms with E-state index in [0.29, 0.717) is 49.4 Å². The molecule has 33 heteroatoms. The fourth-order valence-electron chi connectivity index (χ4n) is 19.8. The lowest BCUT2D eigenvalue weighted by molar-refractivity contribution is -0.146. The van der Waals surface area contributed by atoms with Crippen molar-refractivity contribution in [2.75, 3.05) is 63.1 Å². The summed E-state index contributed by atoms with van der Waals surface area (Å²) in [5, 5.41) is 40.4. The number of aliphatic carboxylic acids is 1. The molecule has 4 heterocycles. The second-order valence-corrected chi connectivity index (χ2v) is 44.8. The molecule has 0 saturated heterocycles. The number of nitrogen functional groups attached to an aromatic ring is 1. The third-order valence-electron chi connectivity index (χ3n) is 27.1. The third kappa shape index (κ3) is 27.8. The molecule has 4 aliphatic carbocycles.